The summed E-state index contributed by atoms with van der Waals surface area (Å²) in [5, 5.41) is 14.5. The van der Waals surface area contributed by atoms with Crippen LogP contribution in [0.15, 0.2) is 6.07 Å². The van der Waals surface area contributed by atoms with Gasteiger partial charge in [-0.1, -0.05) is 32.4 Å². The Bertz CT molecular complexity index is 623. The fourth-order valence-electron chi connectivity index (χ4n) is 2.13. The molecule has 0 aliphatic heterocycles. The average molecular weight is 295 g/mol. The molecule has 20 heavy (non-hydrogen) atoms. The highest BCUT2D eigenvalue weighted by Gasteiger charge is 2.26. The molecule has 2 heterocycles. The predicted molar refractivity (Wildman–Crippen MR) is 78.3 cm³/mol. The SMILES string of the molecule is Cc1cc(-n2nc(C(C)(C)C)c(CO)c2Cl)nc(C)n1. The van der Waals surface area contributed by atoms with E-state index in [1.807, 2.05) is 40.7 Å². The standard InChI is InChI=1S/C14H19ClN4O/c1-8-6-11(17-9(2)16-8)19-13(15)10(7-20)12(18-19)14(3,4)5/h6,20H,7H2,1-5H3. The van der Waals surface area contributed by atoms with Crippen LogP contribution in [-0.2, 0) is 12.0 Å². The van der Waals surface area contributed by atoms with Crippen LogP contribution in [0, 0.1) is 13.8 Å². The number of hydrogen-bond acceptors (Lipinski definition) is 4. The van der Waals surface area contributed by atoms with Crippen LogP contribution < -0.4 is 0 Å². The van der Waals surface area contributed by atoms with E-state index in [9.17, 15) is 5.11 Å². The van der Waals surface area contributed by atoms with Crippen LogP contribution in [0.3, 0.4) is 0 Å². The van der Waals surface area contributed by atoms with E-state index in [4.69, 9.17) is 11.6 Å². The highest BCUT2D eigenvalue weighted by molar-refractivity contribution is 6.30. The van der Waals surface area contributed by atoms with Crippen molar-refractivity contribution in [2.24, 2.45) is 0 Å². The quantitative estimate of drug-likeness (QED) is 0.925. The fourth-order valence-corrected chi connectivity index (χ4v) is 2.40. The van der Waals surface area contributed by atoms with Gasteiger partial charge in [-0.2, -0.15) is 5.10 Å². The molecule has 108 valence electrons. The van der Waals surface area contributed by atoms with Gasteiger partial charge in [0.15, 0.2) is 5.82 Å². The van der Waals surface area contributed by atoms with Gasteiger partial charge >= 0.3 is 0 Å². The maximum absolute atomic E-state index is 9.56. The second-order valence-electron chi connectivity index (χ2n) is 5.85. The van der Waals surface area contributed by atoms with Crippen molar-refractivity contribution in [1.82, 2.24) is 19.7 Å². The first-order valence-electron chi connectivity index (χ1n) is 6.45. The Morgan fingerprint density at radius 1 is 1.25 bits per heavy atom. The molecule has 0 atom stereocenters. The lowest BCUT2D eigenvalue weighted by Crippen LogP contribution is -2.15. The second-order valence-corrected chi connectivity index (χ2v) is 6.21. The highest BCUT2D eigenvalue weighted by atomic mass is 35.5. The molecular formula is C14H19ClN4O. The molecule has 0 spiro atoms. The Kier molecular flexibility index (Phi) is 3.84. The van der Waals surface area contributed by atoms with Crippen molar-refractivity contribution in [3.05, 3.63) is 34.0 Å². The molecule has 0 unspecified atom stereocenters. The van der Waals surface area contributed by atoms with Gasteiger partial charge in [0, 0.05) is 22.7 Å². The molecule has 1 N–H and O–H groups in total. The van der Waals surface area contributed by atoms with E-state index >= 15 is 0 Å². The van der Waals surface area contributed by atoms with E-state index in [0.717, 1.165) is 11.4 Å². The molecule has 2 aromatic rings. The number of rotatable bonds is 2. The van der Waals surface area contributed by atoms with Gasteiger partial charge in [-0.3, -0.25) is 0 Å². The van der Waals surface area contributed by atoms with Crippen LogP contribution in [0.2, 0.25) is 5.15 Å². The molecule has 0 aliphatic rings. The maximum Gasteiger partial charge on any atom is 0.159 e. The van der Waals surface area contributed by atoms with Crippen LogP contribution in [0.4, 0.5) is 0 Å². The van der Waals surface area contributed by atoms with Crippen molar-refractivity contribution in [3.8, 4) is 5.82 Å². The smallest absolute Gasteiger partial charge is 0.159 e. The molecule has 0 saturated heterocycles. The zero-order chi connectivity index (χ0) is 15.1. The van der Waals surface area contributed by atoms with E-state index in [1.54, 1.807) is 4.68 Å². The number of halogens is 1. The Morgan fingerprint density at radius 3 is 2.35 bits per heavy atom. The molecule has 0 fully saturated rings. The minimum absolute atomic E-state index is 0.144. The van der Waals surface area contributed by atoms with Gasteiger partial charge in [0.1, 0.15) is 11.0 Å². The minimum atomic E-state index is -0.204. The molecular weight excluding hydrogens is 276 g/mol. The van der Waals surface area contributed by atoms with Crippen LogP contribution in [-0.4, -0.2) is 24.9 Å². The zero-order valence-electron chi connectivity index (χ0n) is 12.4. The summed E-state index contributed by atoms with van der Waals surface area (Å²) in [7, 11) is 0. The largest absolute Gasteiger partial charge is 0.391 e. The van der Waals surface area contributed by atoms with Crippen molar-refractivity contribution < 1.29 is 5.11 Å². The van der Waals surface area contributed by atoms with Gasteiger partial charge < -0.3 is 5.11 Å². The lowest BCUT2D eigenvalue weighted by Gasteiger charge is -2.16. The summed E-state index contributed by atoms with van der Waals surface area (Å²) in [6, 6.07) is 1.82. The molecule has 6 heteroatoms. The van der Waals surface area contributed by atoms with Crippen molar-refractivity contribution in [1.29, 1.82) is 0 Å². The molecule has 0 aromatic carbocycles. The van der Waals surface area contributed by atoms with E-state index in [-0.39, 0.29) is 12.0 Å². The van der Waals surface area contributed by atoms with Crippen LogP contribution >= 0.6 is 11.6 Å². The number of aliphatic hydroxyl groups excluding tert-OH is 1. The molecule has 5 nitrogen and oxygen atoms in total. The van der Waals surface area contributed by atoms with Crippen molar-refractivity contribution in [2.75, 3.05) is 0 Å². The monoisotopic (exact) mass is 294 g/mol. The molecule has 0 saturated carbocycles. The van der Waals surface area contributed by atoms with E-state index in [1.165, 1.54) is 0 Å². The van der Waals surface area contributed by atoms with Crippen LogP contribution in [0.25, 0.3) is 5.82 Å². The van der Waals surface area contributed by atoms with E-state index < -0.39 is 0 Å². The van der Waals surface area contributed by atoms with Gasteiger partial charge in [0.05, 0.1) is 12.3 Å². The molecule has 2 aromatic heterocycles. The summed E-state index contributed by atoms with van der Waals surface area (Å²) >= 11 is 6.35. The van der Waals surface area contributed by atoms with Gasteiger partial charge in [-0.15, -0.1) is 0 Å². The number of hydrogen-bond donors (Lipinski definition) is 1. The first kappa shape index (κ1) is 14.9. The summed E-state index contributed by atoms with van der Waals surface area (Å²) in [4.78, 5) is 8.60. The summed E-state index contributed by atoms with van der Waals surface area (Å²) < 4.78 is 1.56. The second kappa shape index (κ2) is 5.14. The van der Waals surface area contributed by atoms with Crippen molar-refractivity contribution in [3.63, 3.8) is 0 Å². The first-order valence-corrected chi connectivity index (χ1v) is 6.83. The van der Waals surface area contributed by atoms with E-state index in [2.05, 4.69) is 15.1 Å². The van der Waals surface area contributed by atoms with Gasteiger partial charge in [0.2, 0.25) is 0 Å². The highest BCUT2D eigenvalue weighted by Crippen LogP contribution is 2.31. The Labute approximate surface area is 123 Å². The first-order chi connectivity index (χ1) is 9.24. The summed E-state index contributed by atoms with van der Waals surface area (Å²) in [6.45, 7) is 9.68. The van der Waals surface area contributed by atoms with E-state index in [0.29, 0.717) is 22.4 Å². The molecule has 2 rings (SSSR count). The lowest BCUT2D eigenvalue weighted by atomic mass is 9.90. The number of aromatic nitrogens is 4. The van der Waals surface area contributed by atoms with Gasteiger partial charge in [-0.05, 0) is 13.8 Å². The molecule has 0 bridgehead atoms. The predicted octanol–water partition coefficient (Wildman–Crippen LogP) is 2.72. The third kappa shape index (κ3) is 2.69. The van der Waals surface area contributed by atoms with Gasteiger partial charge in [-0.25, -0.2) is 14.6 Å². The van der Waals surface area contributed by atoms with Gasteiger partial charge in [0.25, 0.3) is 0 Å². The molecule has 0 aliphatic carbocycles. The lowest BCUT2D eigenvalue weighted by molar-refractivity contribution is 0.278. The Morgan fingerprint density at radius 2 is 1.90 bits per heavy atom. The number of nitrogens with zero attached hydrogens (tertiary/aromatic N) is 4. The van der Waals surface area contributed by atoms with Crippen LogP contribution in [0.5, 0.6) is 0 Å². The third-order valence-electron chi connectivity index (χ3n) is 2.96. The third-order valence-corrected chi connectivity index (χ3v) is 3.35. The minimum Gasteiger partial charge on any atom is -0.391 e. The maximum atomic E-state index is 9.56. The van der Waals surface area contributed by atoms with Crippen molar-refractivity contribution in [2.45, 2.75) is 46.6 Å². The summed E-state index contributed by atoms with van der Waals surface area (Å²) in [5.41, 5.74) is 2.07. The normalized spacial score (nSPS) is 11.9. The molecule has 0 amide bonds. The Balaban J connectivity index is 2.66. The summed E-state index contributed by atoms with van der Waals surface area (Å²) in [6.07, 6.45) is 0. The Hall–Kier alpha value is -1.46. The zero-order valence-corrected chi connectivity index (χ0v) is 13.2. The summed E-state index contributed by atoms with van der Waals surface area (Å²) in [5.74, 6) is 1.28. The number of aliphatic hydroxyl groups is 1. The fraction of sp³-hybridized carbons (Fsp3) is 0.500. The molecule has 0 radical (unpaired) electrons. The van der Waals surface area contributed by atoms with Crippen molar-refractivity contribution >= 4 is 11.6 Å². The number of aryl methyl sites for hydroxylation is 2. The topological polar surface area (TPSA) is 63.8 Å². The van der Waals surface area contributed by atoms with Crippen LogP contribution in [0.1, 0.15) is 43.5 Å². The average Bonchev–Trinajstić information content (AvgIpc) is 2.64.